The topological polar surface area (TPSA) is 67.9 Å². The molecule has 1 atom stereocenters. The molecule has 0 saturated heterocycles. The summed E-state index contributed by atoms with van der Waals surface area (Å²) in [5.41, 5.74) is 2.50. The van der Waals surface area contributed by atoms with E-state index in [1.807, 2.05) is 19.1 Å². The molecule has 2 aromatic rings. The summed E-state index contributed by atoms with van der Waals surface area (Å²) in [7, 11) is 0. The van der Waals surface area contributed by atoms with Crippen LogP contribution in [0.25, 0.3) is 10.9 Å². The summed E-state index contributed by atoms with van der Waals surface area (Å²) in [4.78, 5) is 3.00. The molecule has 2 N–H and O–H groups in total. The van der Waals surface area contributed by atoms with Gasteiger partial charge < -0.3 is 14.3 Å². The van der Waals surface area contributed by atoms with Crippen LogP contribution < -0.4 is 4.72 Å². The first-order valence-corrected chi connectivity index (χ1v) is 5.18. The Labute approximate surface area is 83.7 Å². The molecule has 0 radical (unpaired) electrons. The van der Waals surface area contributed by atoms with Crippen molar-refractivity contribution in [2.45, 2.75) is 6.92 Å². The average molecular weight is 209 g/mol. The zero-order valence-corrected chi connectivity index (χ0v) is 8.35. The van der Waals surface area contributed by atoms with Gasteiger partial charge in [-0.3, -0.25) is 4.21 Å². The summed E-state index contributed by atoms with van der Waals surface area (Å²) in [6.07, 6.45) is 1.79. The standard InChI is InChI=1S/C9H10N2O2S/c1-6-2-3-8(11-14(12)13)9-7(6)4-5-10-9/h2-5,10-11H,1H3,(H,12,13)/p-1. The highest BCUT2D eigenvalue weighted by Gasteiger charge is 2.03. The van der Waals surface area contributed by atoms with Crippen molar-refractivity contribution >= 4 is 27.9 Å². The Morgan fingerprint density at radius 1 is 1.43 bits per heavy atom. The predicted octanol–water partition coefficient (Wildman–Crippen LogP) is 1.68. The third-order valence-corrected chi connectivity index (χ3v) is 2.52. The summed E-state index contributed by atoms with van der Waals surface area (Å²) in [5, 5.41) is 1.03. The monoisotopic (exact) mass is 209 g/mol. The predicted molar refractivity (Wildman–Crippen MR) is 55.6 cm³/mol. The number of aromatic nitrogens is 1. The van der Waals surface area contributed by atoms with E-state index in [1.165, 1.54) is 0 Å². The SMILES string of the molecule is Cc1ccc(NS(=O)[O-])c2[nH]ccc12. The minimum atomic E-state index is -2.28. The lowest BCUT2D eigenvalue weighted by molar-refractivity contribution is 0.542. The van der Waals surface area contributed by atoms with Crippen LogP contribution in [0.4, 0.5) is 5.69 Å². The fraction of sp³-hybridized carbons (Fsp3) is 0.111. The molecule has 0 aliphatic carbocycles. The maximum atomic E-state index is 10.5. The van der Waals surface area contributed by atoms with Crippen LogP contribution in [0, 0.1) is 6.92 Å². The molecule has 1 heterocycles. The van der Waals surface area contributed by atoms with Crippen molar-refractivity contribution in [3.05, 3.63) is 30.0 Å². The second-order valence-electron chi connectivity index (χ2n) is 3.03. The number of anilines is 1. The lowest BCUT2D eigenvalue weighted by Gasteiger charge is -2.10. The number of aromatic amines is 1. The first-order valence-electron chi connectivity index (χ1n) is 4.11. The second-order valence-corrected chi connectivity index (χ2v) is 3.71. The number of nitrogens with one attached hydrogen (secondary N) is 2. The zero-order valence-electron chi connectivity index (χ0n) is 7.53. The maximum Gasteiger partial charge on any atom is 0.0701 e. The van der Waals surface area contributed by atoms with Gasteiger partial charge in [0.05, 0.1) is 11.2 Å². The van der Waals surface area contributed by atoms with Crippen molar-refractivity contribution in [3.63, 3.8) is 0 Å². The van der Waals surface area contributed by atoms with E-state index in [4.69, 9.17) is 0 Å². The highest BCUT2D eigenvalue weighted by molar-refractivity contribution is 7.80. The van der Waals surface area contributed by atoms with E-state index in [1.54, 1.807) is 12.3 Å². The Balaban J connectivity index is 2.60. The first kappa shape index (κ1) is 9.23. The fourth-order valence-electron chi connectivity index (χ4n) is 1.48. The molecule has 0 aliphatic heterocycles. The van der Waals surface area contributed by atoms with Gasteiger partial charge in [0, 0.05) is 22.8 Å². The molecule has 0 saturated carbocycles. The largest absolute Gasteiger partial charge is 0.755 e. The number of hydrogen-bond donors (Lipinski definition) is 2. The molecule has 0 fully saturated rings. The highest BCUT2D eigenvalue weighted by Crippen LogP contribution is 2.24. The lowest BCUT2D eigenvalue weighted by atomic mass is 10.1. The van der Waals surface area contributed by atoms with Crippen LogP contribution in [-0.2, 0) is 11.3 Å². The molecule has 0 amide bonds. The Bertz CT molecular complexity index is 493. The first-order chi connectivity index (χ1) is 6.68. The Hall–Kier alpha value is -1.33. The van der Waals surface area contributed by atoms with E-state index < -0.39 is 11.3 Å². The van der Waals surface area contributed by atoms with E-state index in [0.29, 0.717) is 5.69 Å². The Morgan fingerprint density at radius 2 is 2.21 bits per heavy atom. The quantitative estimate of drug-likeness (QED) is 0.739. The molecular formula is C9H9N2O2S-. The van der Waals surface area contributed by atoms with Crippen molar-refractivity contribution in [2.75, 3.05) is 4.72 Å². The van der Waals surface area contributed by atoms with E-state index in [0.717, 1.165) is 16.5 Å². The van der Waals surface area contributed by atoms with Gasteiger partial charge in [-0.05, 0) is 24.6 Å². The summed E-state index contributed by atoms with van der Waals surface area (Å²) in [6.45, 7) is 1.98. The van der Waals surface area contributed by atoms with Gasteiger partial charge in [-0.25, -0.2) is 0 Å². The normalized spacial score (nSPS) is 13.0. The van der Waals surface area contributed by atoms with Crippen LogP contribution >= 0.6 is 0 Å². The van der Waals surface area contributed by atoms with Crippen molar-refractivity contribution in [1.82, 2.24) is 4.98 Å². The van der Waals surface area contributed by atoms with Gasteiger partial charge in [0.15, 0.2) is 0 Å². The summed E-state index contributed by atoms with van der Waals surface area (Å²) < 4.78 is 23.3. The van der Waals surface area contributed by atoms with Gasteiger partial charge in [0.2, 0.25) is 0 Å². The molecule has 0 spiro atoms. The van der Waals surface area contributed by atoms with Gasteiger partial charge in [-0.2, -0.15) is 0 Å². The molecule has 14 heavy (non-hydrogen) atoms. The maximum absolute atomic E-state index is 10.5. The van der Waals surface area contributed by atoms with Gasteiger partial charge in [0.25, 0.3) is 0 Å². The molecule has 0 bridgehead atoms. The van der Waals surface area contributed by atoms with Crippen LogP contribution in [0.3, 0.4) is 0 Å². The number of rotatable bonds is 2. The van der Waals surface area contributed by atoms with Crippen LogP contribution in [0.15, 0.2) is 24.4 Å². The number of aryl methyl sites for hydroxylation is 1. The third-order valence-electron chi connectivity index (χ3n) is 2.13. The minimum Gasteiger partial charge on any atom is -0.755 e. The van der Waals surface area contributed by atoms with Crippen molar-refractivity contribution < 1.29 is 8.76 Å². The Kier molecular flexibility index (Phi) is 2.26. The fourth-order valence-corrected chi connectivity index (χ4v) is 1.83. The zero-order chi connectivity index (χ0) is 10.1. The van der Waals surface area contributed by atoms with E-state index >= 15 is 0 Å². The second kappa shape index (κ2) is 3.43. The molecule has 0 aliphatic rings. The summed E-state index contributed by atoms with van der Waals surface area (Å²) in [6, 6.07) is 5.54. The number of fused-ring (bicyclic) bond motifs is 1. The molecule has 1 unspecified atom stereocenters. The van der Waals surface area contributed by atoms with Crippen LogP contribution in [0.1, 0.15) is 5.56 Å². The number of H-pyrrole nitrogens is 1. The van der Waals surface area contributed by atoms with Crippen LogP contribution in [0.5, 0.6) is 0 Å². The molecular weight excluding hydrogens is 200 g/mol. The molecule has 1 aromatic carbocycles. The van der Waals surface area contributed by atoms with Crippen LogP contribution in [-0.4, -0.2) is 13.7 Å². The molecule has 4 nitrogen and oxygen atoms in total. The number of benzene rings is 1. The molecule has 1 aromatic heterocycles. The summed E-state index contributed by atoms with van der Waals surface area (Å²) in [5.74, 6) is 0. The Morgan fingerprint density at radius 3 is 2.93 bits per heavy atom. The van der Waals surface area contributed by atoms with Crippen molar-refractivity contribution in [1.29, 1.82) is 0 Å². The smallest absolute Gasteiger partial charge is 0.0701 e. The third kappa shape index (κ3) is 1.51. The molecule has 5 heteroatoms. The van der Waals surface area contributed by atoms with E-state index in [-0.39, 0.29) is 0 Å². The minimum absolute atomic E-state index is 0.573. The molecule has 2 rings (SSSR count). The molecule has 74 valence electrons. The van der Waals surface area contributed by atoms with E-state index in [2.05, 4.69) is 9.71 Å². The van der Waals surface area contributed by atoms with Crippen molar-refractivity contribution in [2.24, 2.45) is 0 Å². The lowest BCUT2D eigenvalue weighted by Crippen LogP contribution is -2.02. The van der Waals surface area contributed by atoms with Gasteiger partial charge in [-0.1, -0.05) is 6.07 Å². The average Bonchev–Trinajstić information content (AvgIpc) is 2.58. The summed E-state index contributed by atoms with van der Waals surface area (Å²) >= 11 is -2.28. The van der Waals surface area contributed by atoms with Crippen molar-refractivity contribution in [3.8, 4) is 0 Å². The van der Waals surface area contributed by atoms with Gasteiger partial charge in [-0.15, -0.1) is 0 Å². The van der Waals surface area contributed by atoms with Gasteiger partial charge in [0.1, 0.15) is 0 Å². The van der Waals surface area contributed by atoms with E-state index in [9.17, 15) is 8.76 Å². The van der Waals surface area contributed by atoms with Gasteiger partial charge >= 0.3 is 0 Å². The highest BCUT2D eigenvalue weighted by atomic mass is 32.2. The van der Waals surface area contributed by atoms with Crippen LogP contribution in [0.2, 0.25) is 0 Å². The number of hydrogen-bond acceptors (Lipinski definition) is 2.